The highest BCUT2D eigenvalue weighted by Gasteiger charge is 2.26. The van der Waals surface area contributed by atoms with Gasteiger partial charge in [0.25, 0.3) is 0 Å². The van der Waals surface area contributed by atoms with Crippen molar-refractivity contribution in [3.05, 3.63) is 42.0 Å². The third-order valence-corrected chi connectivity index (χ3v) is 7.96. The minimum absolute atomic E-state index is 0.00314. The van der Waals surface area contributed by atoms with Gasteiger partial charge >= 0.3 is 0 Å². The lowest BCUT2D eigenvalue weighted by atomic mass is 10.2. The number of hydrogen-bond acceptors (Lipinski definition) is 8. The van der Waals surface area contributed by atoms with Gasteiger partial charge in [0.2, 0.25) is 15.9 Å². The topological polar surface area (TPSA) is 110 Å². The first-order chi connectivity index (χ1) is 15.4. The fourth-order valence-electron chi connectivity index (χ4n) is 3.29. The number of benzene rings is 2. The molecule has 0 spiro atoms. The first-order valence-electron chi connectivity index (χ1n) is 10.0. The third-order valence-electron chi connectivity index (χ3n) is 5.09. The lowest BCUT2D eigenvalue weighted by Crippen LogP contribution is -2.40. The van der Waals surface area contributed by atoms with Gasteiger partial charge in [0.15, 0.2) is 5.13 Å². The first kappa shape index (κ1) is 22.5. The van der Waals surface area contributed by atoms with Gasteiger partial charge in [0.05, 0.1) is 42.0 Å². The molecule has 2 N–H and O–H groups in total. The first-order valence-corrected chi connectivity index (χ1v) is 12.3. The van der Waals surface area contributed by atoms with Crippen LogP contribution in [-0.2, 0) is 19.6 Å². The second kappa shape index (κ2) is 9.41. The molecule has 4 rings (SSSR count). The van der Waals surface area contributed by atoms with Crippen molar-refractivity contribution in [1.29, 1.82) is 0 Å². The Morgan fingerprint density at radius 3 is 2.75 bits per heavy atom. The van der Waals surface area contributed by atoms with Gasteiger partial charge in [-0.1, -0.05) is 17.4 Å². The van der Waals surface area contributed by atoms with Crippen molar-refractivity contribution >= 4 is 48.3 Å². The van der Waals surface area contributed by atoms with E-state index >= 15 is 0 Å². The van der Waals surface area contributed by atoms with Gasteiger partial charge in [0.1, 0.15) is 5.75 Å². The second-order valence-electron chi connectivity index (χ2n) is 7.25. The number of rotatable bonds is 7. The number of aryl methyl sites for hydroxylation is 1. The van der Waals surface area contributed by atoms with Crippen LogP contribution in [0.2, 0.25) is 0 Å². The molecule has 9 nitrogen and oxygen atoms in total. The van der Waals surface area contributed by atoms with Crippen molar-refractivity contribution in [3.63, 3.8) is 0 Å². The van der Waals surface area contributed by atoms with Crippen molar-refractivity contribution in [2.75, 3.05) is 50.6 Å². The fourth-order valence-corrected chi connectivity index (χ4v) is 5.61. The predicted molar refractivity (Wildman–Crippen MR) is 124 cm³/mol. The van der Waals surface area contributed by atoms with Crippen LogP contribution in [0.5, 0.6) is 5.75 Å². The number of thiazole rings is 1. The number of methoxy groups -OCH3 is 1. The lowest BCUT2D eigenvalue weighted by Gasteiger charge is -2.26. The Labute approximate surface area is 190 Å². The molecule has 0 unspecified atom stereocenters. The summed E-state index contributed by atoms with van der Waals surface area (Å²) in [6, 6.07) is 10.3. The summed E-state index contributed by atoms with van der Waals surface area (Å²) in [4.78, 5) is 17.1. The molecule has 1 saturated heterocycles. The van der Waals surface area contributed by atoms with E-state index in [0.29, 0.717) is 37.1 Å². The second-order valence-corrected chi connectivity index (χ2v) is 10.2. The van der Waals surface area contributed by atoms with Gasteiger partial charge in [-0.2, -0.15) is 4.31 Å². The van der Waals surface area contributed by atoms with E-state index in [1.165, 1.54) is 21.7 Å². The largest absolute Gasteiger partial charge is 0.497 e. The number of aromatic nitrogens is 1. The van der Waals surface area contributed by atoms with Crippen molar-refractivity contribution in [2.24, 2.45) is 0 Å². The minimum Gasteiger partial charge on any atom is -0.497 e. The number of amides is 1. The van der Waals surface area contributed by atoms with Gasteiger partial charge in [-0.3, -0.25) is 4.79 Å². The van der Waals surface area contributed by atoms with Crippen molar-refractivity contribution in [1.82, 2.24) is 9.29 Å². The Kier molecular flexibility index (Phi) is 6.60. The van der Waals surface area contributed by atoms with Crippen LogP contribution in [0.25, 0.3) is 10.2 Å². The summed E-state index contributed by atoms with van der Waals surface area (Å²) in [7, 11) is -2.04. The highest BCUT2D eigenvalue weighted by atomic mass is 32.2. The number of sulfonamides is 1. The lowest BCUT2D eigenvalue weighted by molar-refractivity contribution is -0.114. The zero-order chi connectivity index (χ0) is 22.7. The summed E-state index contributed by atoms with van der Waals surface area (Å²) in [5.74, 6) is 0.443. The molecule has 2 heterocycles. The molecule has 2 aromatic carbocycles. The number of hydrogen-bond donors (Lipinski definition) is 2. The molecule has 0 bridgehead atoms. The standard InChI is InChI=1S/C21H24N4O5S2/c1-14-3-5-16(32(27,28)25-7-9-30-10-8-25)12-18(14)23-20(26)13-22-21-24-17-6-4-15(29-2)11-19(17)31-21/h3-6,11-12H,7-10,13H2,1-2H3,(H,22,24)(H,23,26). The van der Waals surface area contributed by atoms with Gasteiger partial charge in [-0.25, -0.2) is 13.4 Å². The number of fused-ring (bicyclic) bond motifs is 1. The molecule has 1 aliphatic rings. The van der Waals surface area contributed by atoms with Crippen LogP contribution in [0, 0.1) is 6.92 Å². The average Bonchev–Trinajstić information content (AvgIpc) is 3.21. The molecule has 11 heteroatoms. The number of morpholine rings is 1. The summed E-state index contributed by atoms with van der Waals surface area (Å²) in [5, 5.41) is 6.43. The van der Waals surface area contributed by atoms with Crippen molar-refractivity contribution < 1.29 is 22.7 Å². The zero-order valence-electron chi connectivity index (χ0n) is 17.8. The molecule has 32 heavy (non-hydrogen) atoms. The zero-order valence-corrected chi connectivity index (χ0v) is 19.4. The number of nitrogens with one attached hydrogen (secondary N) is 2. The van der Waals surface area contributed by atoms with E-state index in [4.69, 9.17) is 9.47 Å². The summed E-state index contributed by atoms with van der Waals surface area (Å²) >= 11 is 1.42. The molecule has 3 aromatic rings. The Morgan fingerprint density at radius 2 is 2.00 bits per heavy atom. The number of anilines is 2. The van der Waals surface area contributed by atoms with E-state index in [1.807, 2.05) is 25.1 Å². The summed E-state index contributed by atoms with van der Waals surface area (Å²) in [6.45, 7) is 3.19. The number of carbonyl (C=O) groups excluding carboxylic acids is 1. The molecule has 1 fully saturated rings. The maximum absolute atomic E-state index is 12.9. The van der Waals surface area contributed by atoms with E-state index in [-0.39, 0.29) is 17.3 Å². The van der Waals surface area contributed by atoms with Gasteiger partial charge < -0.3 is 20.1 Å². The van der Waals surface area contributed by atoms with Crippen LogP contribution in [0.15, 0.2) is 41.3 Å². The van der Waals surface area contributed by atoms with Crippen LogP contribution < -0.4 is 15.4 Å². The predicted octanol–water partition coefficient (Wildman–Crippen LogP) is 2.68. The molecule has 0 atom stereocenters. The maximum Gasteiger partial charge on any atom is 0.243 e. The van der Waals surface area contributed by atoms with Crippen molar-refractivity contribution in [2.45, 2.75) is 11.8 Å². The molecule has 0 radical (unpaired) electrons. The third kappa shape index (κ3) is 4.85. The van der Waals surface area contributed by atoms with Crippen LogP contribution >= 0.6 is 11.3 Å². The molecular weight excluding hydrogens is 452 g/mol. The Balaban J connectivity index is 1.43. The molecule has 0 saturated carbocycles. The summed E-state index contributed by atoms with van der Waals surface area (Å²) in [6.07, 6.45) is 0. The van der Waals surface area contributed by atoms with Gasteiger partial charge in [-0.15, -0.1) is 0 Å². The molecular formula is C21H24N4O5S2. The van der Waals surface area contributed by atoms with Crippen molar-refractivity contribution in [3.8, 4) is 5.75 Å². The SMILES string of the molecule is COc1ccc2nc(NCC(=O)Nc3cc(S(=O)(=O)N4CCOCC4)ccc3C)sc2c1. The molecule has 0 aliphatic carbocycles. The smallest absolute Gasteiger partial charge is 0.243 e. The van der Waals surface area contributed by atoms with Gasteiger partial charge in [0, 0.05) is 18.8 Å². The Morgan fingerprint density at radius 1 is 1.22 bits per heavy atom. The highest BCUT2D eigenvalue weighted by molar-refractivity contribution is 7.89. The Bertz CT molecular complexity index is 1240. The molecule has 170 valence electrons. The highest BCUT2D eigenvalue weighted by Crippen LogP contribution is 2.29. The van der Waals surface area contributed by atoms with E-state index in [1.54, 1.807) is 19.2 Å². The number of carbonyl (C=O) groups is 1. The Hall–Kier alpha value is -2.73. The minimum atomic E-state index is -3.65. The van der Waals surface area contributed by atoms with Crippen LogP contribution in [0.3, 0.4) is 0 Å². The van der Waals surface area contributed by atoms with E-state index in [2.05, 4.69) is 15.6 Å². The van der Waals surface area contributed by atoms with E-state index < -0.39 is 10.0 Å². The monoisotopic (exact) mass is 476 g/mol. The molecule has 1 amide bonds. The maximum atomic E-state index is 12.9. The van der Waals surface area contributed by atoms with Crippen LogP contribution in [0.1, 0.15) is 5.56 Å². The number of nitrogens with zero attached hydrogens (tertiary/aromatic N) is 2. The molecule has 1 aromatic heterocycles. The fraction of sp³-hybridized carbons (Fsp3) is 0.333. The number of ether oxygens (including phenoxy) is 2. The van der Waals surface area contributed by atoms with E-state index in [0.717, 1.165) is 21.5 Å². The summed E-state index contributed by atoms with van der Waals surface area (Å²) in [5.41, 5.74) is 2.04. The van der Waals surface area contributed by atoms with Crippen LogP contribution in [0.4, 0.5) is 10.8 Å². The van der Waals surface area contributed by atoms with Gasteiger partial charge in [-0.05, 0) is 42.8 Å². The molecule has 1 aliphatic heterocycles. The van der Waals surface area contributed by atoms with E-state index in [9.17, 15) is 13.2 Å². The quantitative estimate of drug-likeness (QED) is 0.539. The van der Waals surface area contributed by atoms with Crippen LogP contribution in [-0.4, -0.2) is 63.6 Å². The average molecular weight is 477 g/mol. The normalized spacial score (nSPS) is 14.9. The summed E-state index contributed by atoms with van der Waals surface area (Å²) < 4.78 is 38.6.